The second kappa shape index (κ2) is 6.92. The second-order valence-corrected chi connectivity index (χ2v) is 5.79. The van der Waals surface area contributed by atoms with Crippen LogP contribution in [0.2, 0.25) is 0 Å². The molecule has 3 N–H and O–H groups in total. The zero-order valence-corrected chi connectivity index (χ0v) is 12.9. The number of benzene rings is 1. The molecule has 0 amide bonds. The van der Waals surface area contributed by atoms with Crippen LogP contribution < -0.4 is 15.8 Å². The van der Waals surface area contributed by atoms with E-state index in [1.165, 1.54) is 11.1 Å². The Balaban J connectivity index is 2.86. The van der Waals surface area contributed by atoms with Crippen LogP contribution in [-0.4, -0.2) is 19.7 Å². The van der Waals surface area contributed by atoms with Crippen molar-refractivity contribution in [3.05, 3.63) is 29.3 Å². The summed E-state index contributed by atoms with van der Waals surface area (Å²) < 4.78 is 5.38. The van der Waals surface area contributed by atoms with Crippen LogP contribution in [0.1, 0.15) is 50.8 Å². The first-order valence-electron chi connectivity index (χ1n) is 7.04. The van der Waals surface area contributed by atoms with Crippen molar-refractivity contribution in [3.63, 3.8) is 0 Å². The minimum Gasteiger partial charge on any atom is -0.496 e. The van der Waals surface area contributed by atoms with Crippen molar-refractivity contribution in [2.24, 2.45) is 5.73 Å². The van der Waals surface area contributed by atoms with Crippen molar-refractivity contribution in [2.75, 3.05) is 14.2 Å². The molecule has 0 aliphatic heterocycles. The Kier molecular flexibility index (Phi) is 5.83. The molecule has 3 nitrogen and oxygen atoms in total. The molecule has 0 heterocycles. The zero-order chi connectivity index (χ0) is 14.5. The van der Waals surface area contributed by atoms with Crippen molar-refractivity contribution in [2.45, 2.75) is 51.6 Å². The van der Waals surface area contributed by atoms with Gasteiger partial charge in [-0.15, -0.1) is 0 Å². The van der Waals surface area contributed by atoms with Gasteiger partial charge in [0.25, 0.3) is 0 Å². The third kappa shape index (κ3) is 4.84. The summed E-state index contributed by atoms with van der Waals surface area (Å²) in [4.78, 5) is 0. The standard InChI is InChI=1S/C16H28N2O/c1-6-12-11-13(7-8-15(12)19-5)14(18-4)9-10-16(2,3)17/h7-8,11,14,18H,6,9-10,17H2,1-5H3. The van der Waals surface area contributed by atoms with E-state index in [0.717, 1.165) is 25.0 Å². The van der Waals surface area contributed by atoms with Crippen LogP contribution in [0, 0.1) is 0 Å². The topological polar surface area (TPSA) is 47.3 Å². The van der Waals surface area contributed by atoms with Gasteiger partial charge in [-0.1, -0.05) is 19.1 Å². The van der Waals surface area contributed by atoms with Crippen molar-refractivity contribution in [3.8, 4) is 5.75 Å². The molecule has 3 heteroatoms. The summed E-state index contributed by atoms with van der Waals surface area (Å²) >= 11 is 0. The highest BCUT2D eigenvalue weighted by Crippen LogP contribution is 2.27. The van der Waals surface area contributed by atoms with Crippen LogP contribution in [0.15, 0.2) is 18.2 Å². The number of nitrogens with one attached hydrogen (secondary N) is 1. The SMILES string of the molecule is CCc1cc(C(CCC(C)(C)N)NC)ccc1OC. The maximum absolute atomic E-state index is 6.07. The number of rotatable bonds is 7. The molecule has 0 fully saturated rings. The van der Waals surface area contributed by atoms with Gasteiger partial charge in [0.15, 0.2) is 0 Å². The van der Waals surface area contributed by atoms with Crippen LogP contribution in [-0.2, 0) is 6.42 Å². The minimum absolute atomic E-state index is 0.116. The quantitative estimate of drug-likeness (QED) is 0.796. The Morgan fingerprint density at radius 3 is 2.53 bits per heavy atom. The van der Waals surface area contributed by atoms with E-state index >= 15 is 0 Å². The lowest BCUT2D eigenvalue weighted by atomic mass is 9.92. The predicted octanol–water partition coefficient (Wildman–Crippen LogP) is 3.04. The lowest BCUT2D eigenvalue weighted by Gasteiger charge is -2.24. The summed E-state index contributed by atoms with van der Waals surface area (Å²) in [6.45, 7) is 6.30. The Hall–Kier alpha value is -1.06. The largest absolute Gasteiger partial charge is 0.496 e. The molecular formula is C16H28N2O. The molecule has 1 atom stereocenters. The van der Waals surface area contributed by atoms with Gasteiger partial charge in [-0.25, -0.2) is 0 Å². The van der Waals surface area contributed by atoms with E-state index in [9.17, 15) is 0 Å². The maximum atomic E-state index is 6.07. The summed E-state index contributed by atoms with van der Waals surface area (Å²) in [6.07, 6.45) is 3.01. The van der Waals surface area contributed by atoms with Crippen LogP contribution in [0.4, 0.5) is 0 Å². The lowest BCUT2D eigenvalue weighted by molar-refractivity contribution is 0.404. The van der Waals surface area contributed by atoms with Gasteiger partial charge in [-0.05, 0) is 57.4 Å². The Bertz CT molecular complexity index is 396. The van der Waals surface area contributed by atoms with Crippen molar-refractivity contribution >= 4 is 0 Å². The monoisotopic (exact) mass is 264 g/mol. The molecule has 0 spiro atoms. The van der Waals surface area contributed by atoms with Crippen LogP contribution in [0.5, 0.6) is 5.75 Å². The fourth-order valence-corrected chi connectivity index (χ4v) is 2.29. The molecule has 1 rings (SSSR count). The third-order valence-corrected chi connectivity index (χ3v) is 3.51. The number of aryl methyl sites for hydroxylation is 1. The summed E-state index contributed by atoms with van der Waals surface area (Å²) in [6, 6.07) is 6.79. The summed E-state index contributed by atoms with van der Waals surface area (Å²) in [7, 11) is 3.73. The number of hydrogen-bond acceptors (Lipinski definition) is 3. The van der Waals surface area contributed by atoms with E-state index in [4.69, 9.17) is 10.5 Å². The highest BCUT2D eigenvalue weighted by molar-refractivity contribution is 5.38. The smallest absolute Gasteiger partial charge is 0.122 e. The molecule has 108 valence electrons. The maximum Gasteiger partial charge on any atom is 0.122 e. The number of methoxy groups -OCH3 is 1. The van der Waals surface area contributed by atoms with Gasteiger partial charge in [0.1, 0.15) is 5.75 Å². The molecule has 1 aromatic carbocycles. The molecule has 0 radical (unpaired) electrons. The summed E-state index contributed by atoms with van der Waals surface area (Å²) in [5.74, 6) is 0.972. The highest BCUT2D eigenvalue weighted by Gasteiger charge is 2.16. The van der Waals surface area contributed by atoms with Crippen molar-refractivity contribution in [1.82, 2.24) is 5.32 Å². The van der Waals surface area contributed by atoms with Gasteiger partial charge < -0.3 is 15.8 Å². The van der Waals surface area contributed by atoms with E-state index in [1.54, 1.807) is 7.11 Å². The third-order valence-electron chi connectivity index (χ3n) is 3.51. The molecule has 0 saturated carbocycles. The average Bonchev–Trinajstić information content (AvgIpc) is 2.37. The molecule has 0 aliphatic rings. The zero-order valence-electron chi connectivity index (χ0n) is 12.9. The Labute approximate surface area is 117 Å². The van der Waals surface area contributed by atoms with E-state index < -0.39 is 0 Å². The number of ether oxygens (including phenoxy) is 1. The molecule has 0 aliphatic carbocycles. The normalized spacial score (nSPS) is 13.4. The number of hydrogen-bond donors (Lipinski definition) is 2. The predicted molar refractivity (Wildman–Crippen MR) is 81.7 cm³/mol. The van der Waals surface area contributed by atoms with Gasteiger partial charge in [-0.2, -0.15) is 0 Å². The fourth-order valence-electron chi connectivity index (χ4n) is 2.29. The average molecular weight is 264 g/mol. The van der Waals surface area contributed by atoms with Crippen molar-refractivity contribution < 1.29 is 4.74 Å². The molecular weight excluding hydrogens is 236 g/mol. The number of nitrogens with two attached hydrogens (primary N) is 1. The van der Waals surface area contributed by atoms with E-state index in [0.29, 0.717) is 6.04 Å². The van der Waals surface area contributed by atoms with Crippen LogP contribution in [0.3, 0.4) is 0 Å². The summed E-state index contributed by atoms with van der Waals surface area (Å²) in [5, 5.41) is 3.38. The second-order valence-electron chi connectivity index (χ2n) is 5.79. The minimum atomic E-state index is -0.116. The highest BCUT2D eigenvalue weighted by atomic mass is 16.5. The molecule has 0 aromatic heterocycles. The first kappa shape index (κ1) is 16.0. The molecule has 19 heavy (non-hydrogen) atoms. The first-order chi connectivity index (χ1) is 8.91. The molecule has 0 saturated heterocycles. The van der Waals surface area contributed by atoms with Crippen LogP contribution in [0.25, 0.3) is 0 Å². The van der Waals surface area contributed by atoms with E-state index in [-0.39, 0.29) is 5.54 Å². The lowest BCUT2D eigenvalue weighted by Crippen LogP contribution is -2.33. The molecule has 0 bridgehead atoms. The fraction of sp³-hybridized carbons (Fsp3) is 0.625. The Morgan fingerprint density at radius 2 is 2.05 bits per heavy atom. The van der Waals surface area contributed by atoms with Gasteiger partial charge >= 0.3 is 0 Å². The Morgan fingerprint density at radius 1 is 1.37 bits per heavy atom. The molecule has 1 aromatic rings. The van der Waals surface area contributed by atoms with Crippen molar-refractivity contribution in [1.29, 1.82) is 0 Å². The van der Waals surface area contributed by atoms with Crippen LogP contribution >= 0.6 is 0 Å². The van der Waals surface area contributed by atoms with E-state index in [2.05, 4.69) is 44.3 Å². The van der Waals surface area contributed by atoms with Gasteiger partial charge in [0.05, 0.1) is 7.11 Å². The summed E-state index contributed by atoms with van der Waals surface area (Å²) in [5.41, 5.74) is 8.52. The first-order valence-corrected chi connectivity index (χ1v) is 7.04. The van der Waals surface area contributed by atoms with Gasteiger partial charge in [0.2, 0.25) is 0 Å². The van der Waals surface area contributed by atoms with E-state index in [1.807, 2.05) is 7.05 Å². The van der Waals surface area contributed by atoms with Gasteiger partial charge in [0, 0.05) is 11.6 Å². The molecule has 1 unspecified atom stereocenters. The van der Waals surface area contributed by atoms with Gasteiger partial charge in [-0.3, -0.25) is 0 Å².